The zero-order chi connectivity index (χ0) is 28.6. The Morgan fingerprint density at radius 1 is 0.854 bits per heavy atom. The molecule has 2 fully saturated rings. The molecule has 3 aromatic rings. The Morgan fingerprint density at radius 3 is 2.22 bits per heavy atom. The van der Waals surface area contributed by atoms with Gasteiger partial charge in [-0.15, -0.1) is 0 Å². The maximum Gasteiger partial charge on any atom is 0.217 e. The van der Waals surface area contributed by atoms with Crippen LogP contribution in [0, 0.1) is 5.92 Å². The van der Waals surface area contributed by atoms with E-state index >= 15 is 0 Å². The molecule has 3 aromatic carbocycles. The van der Waals surface area contributed by atoms with E-state index in [-0.39, 0.29) is 30.6 Å². The van der Waals surface area contributed by atoms with E-state index in [0.29, 0.717) is 6.54 Å². The molecule has 0 aliphatic carbocycles. The normalized spacial score (nSPS) is 23.9. The average molecular weight is 557 g/mol. The number of aliphatic hydroxyl groups is 1. The molecule has 0 spiro atoms. The fraction of sp³-hybridized carbons (Fsp3) is 0.457. The number of hydrogen-bond acceptors (Lipinski definition) is 5. The van der Waals surface area contributed by atoms with Gasteiger partial charge in [-0.05, 0) is 59.8 Å². The lowest BCUT2D eigenvalue weighted by molar-refractivity contribution is -0.276. The minimum atomic E-state index is -0.464. The van der Waals surface area contributed by atoms with Crippen molar-refractivity contribution in [3.63, 3.8) is 0 Å². The zero-order valence-corrected chi connectivity index (χ0v) is 24.4. The van der Waals surface area contributed by atoms with Crippen LogP contribution < -0.4 is 5.32 Å². The van der Waals surface area contributed by atoms with Gasteiger partial charge >= 0.3 is 0 Å². The highest BCUT2D eigenvalue weighted by Crippen LogP contribution is 2.42. The van der Waals surface area contributed by atoms with Crippen molar-refractivity contribution in [1.82, 2.24) is 10.2 Å². The largest absolute Gasteiger partial charge is 0.392 e. The number of nitrogens with zero attached hydrogens (tertiary/aromatic N) is 1. The summed E-state index contributed by atoms with van der Waals surface area (Å²) in [6.45, 7) is 7.49. The molecule has 0 bridgehead atoms. The predicted molar refractivity (Wildman–Crippen MR) is 162 cm³/mol. The number of ether oxygens (including phenoxy) is 2. The second-order valence-electron chi connectivity index (χ2n) is 11.6. The van der Waals surface area contributed by atoms with Gasteiger partial charge in [0.15, 0.2) is 6.29 Å². The first-order chi connectivity index (χ1) is 20.0. The van der Waals surface area contributed by atoms with E-state index in [1.807, 2.05) is 24.3 Å². The summed E-state index contributed by atoms with van der Waals surface area (Å²) in [6, 6.07) is 24.8. The number of amides is 1. The first-order valence-electron chi connectivity index (χ1n) is 15.2. The lowest BCUT2D eigenvalue weighted by Gasteiger charge is -2.43. The molecule has 5 rings (SSSR count). The molecule has 218 valence electrons. The molecule has 2 N–H and O–H groups in total. The van der Waals surface area contributed by atoms with Gasteiger partial charge in [-0.1, -0.05) is 92.9 Å². The third-order valence-corrected chi connectivity index (χ3v) is 8.49. The van der Waals surface area contributed by atoms with Gasteiger partial charge in [0.1, 0.15) is 0 Å². The molecular formula is C35H44N2O4. The number of rotatable bonds is 8. The van der Waals surface area contributed by atoms with E-state index in [4.69, 9.17) is 9.47 Å². The van der Waals surface area contributed by atoms with Gasteiger partial charge in [0, 0.05) is 31.5 Å². The molecule has 4 atom stereocenters. The summed E-state index contributed by atoms with van der Waals surface area (Å²) >= 11 is 0. The van der Waals surface area contributed by atoms with Crippen LogP contribution in [0.25, 0.3) is 11.1 Å². The van der Waals surface area contributed by atoms with Crippen LogP contribution in [0.3, 0.4) is 0 Å². The maximum absolute atomic E-state index is 11.3. The zero-order valence-electron chi connectivity index (χ0n) is 24.4. The second kappa shape index (κ2) is 14.2. The summed E-state index contributed by atoms with van der Waals surface area (Å²) in [4.78, 5) is 13.9. The van der Waals surface area contributed by atoms with E-state index in [2.05, 4.69) is 65.7 Å². The van der Waals surface area contributed by atoms with Crippen LogP contribution in [-0.2, 0) is 27.4 Å². The van der Waals surface area contributed by atoms with Gasteiger partial charge in [0.25, 0.3) is 0 Å². The number of likely N-dealkylation sites (tertiary alicyclic amines) is 1. The number of benzene rings is 3. The topological polar surface area (TPSA) is 71.0 Å². The molecule has 2 saturated heterocycles. The highest BCUT2D eigenvalue weighted by molar-refractivity contribution is 5.73. The number of carbonyl (C=O) groups excluding carboxylic acids is 1. The molecule has 6 nitrogen and oxygen atoms in total. The van der Waals surface area contributed by atoms with Gasteiger partial charge in [-0.25, -0.2) is 0 Å². The number of hydrogen-bond donors (Lipinski definition) is 2. The Balaban J connectivity index is 1.36. The summed E-state index contributed by atoms with van der Waals surface area (Å²) in [7, 11) is 0. The van der Waals surface area contributed by atoms with Crippen LogP contribution in [0.15, 0.2) is 72.8 Å². The van der Waals surface area contributed by atoms with Gasteiger partial charge in [-0.2, -0.15) is 0 Å². The Morgan fingerprint density at radius 2 is 1.54 bits per heavy atom. The number of aliphatic hydroxyl groups excluding tert-OH is 1. The third kappa shape index (κ3) is 7.83. The predicted octanol–water partition coefficient (Wildman–Crippen LogP) is 6.54. The van der Waals surface area contributed by atoms with E-state index < -0.39 is 6.29 Å². The van der Waals surface area contributed by atoms with E-state index in [9.17, 15) is 9.90 Å². The summed E-state index contributed by atoms with van der Waals surface area (Å²) < 4.78 is 13.4. The molecule has 0 radical (unpaired) electrons. The van der Waals surface area contributed by atoms with E-state index in [0.717, 1.165) is 53.0 Å². The minimum Gasteiger partial charge on any atom is -0.392 e. The maximum atomic E-state index is 11.3. The first kappa shape index (κ1) is 29.5. The molecule has 0 saturated carbocycles. The van der Waals surface area contributed by atoms with Crippen molar-refractivity contribution in [3.8, 4) is 11.1 Å². The molecule has 41 heavy (non-hydrogen) atoms. The lowest BCUT2D eigenvalue weighted by Crippen LogP contribution is -2.45. The van der Waals surface area contributed by atoms with Crippen LogP contribution >= 0.6 is 0 Å². The Labute approximate surface area is 244 Å². The van der Waals surface area contributed by atoms with Gasteiger partial charge in [0.05, 0.1) is 18.8 Å². The third-order valence-electron chi connectivity index (χ3n) is 8.49. The van der Waals surface area contributed by atoms with Crippen molar-refractivity contribution in [3.05, 3.63) is 95.1 Å². The van der Waals surface area contributed by atoms with Crippen LogP contribution in [0.5, 0.6) is 0 Å². The summed E-state index contributed by atoms with van der Waals surface area (Å²) in [5.41, 5.74) is 6.31. The van der Waals surface area contributed by atoms with Gasteiger partial charge in [0.2, 0.25) is 5.91 Å². The quantitative estimate of drug-likeness (QED) is 0.330. The fourth-order valence-corrected chi connectivity index (χ4v) is 6.00. The fourth-order valence-electron chi connectivity index (χ4n) is 6.00. The summed E-state index contributed by atoms with van der Waals surface area (Å²) in [6.07, 6.45) is 5.95. The minimum absolute atomic E-state index is 0.0335. The summed E-state index contributed by atoms with van der Waals surface area (Å²) in [5, 5.41) is 12.4. The van der Waals surface area contributed by atoms with E-state index in [1.54, 1.807) is 0 Å². The van der Waals surface area contributed by atoms with E-state index in [1.165, 1.54) is 39.0 Å². The van der Waals surface area contributed by atoms with Crippen molar-refractivity contribution in [2.45, 2.75) is 77.6 Å². The van der Waals surface area contributed by atoms with Crippen LogP contribution in [0.1, 0.15) is 80.6 Å². The number of nitrogens with one attached hydrogen (secondary N) is 1. The van der Waals surface area contributed by atoms with Crippen molar-refractivity contribution in [2.24, 2.45) is 5.92 Å². The molecule has 6 heteroatoms. The van der Waals surface area contributed by atoms with Crippen LogP contribution in [-0.4, -0.2) is 41.7 Å². The molecule has 2 aliphatic rings. The Kier molecular flexibility index (Phi) is 10.2. The molecule has 2 heterocycles. The Hall–Kier alpha value is -3.03. The molecule has 4 unspecified atom stereocenters. The Bertz CT molecular complexity index is 1250. The smallest absolute Gasteiger partial charge is 0.217 e. The van der Waals surface area contributed by atoms with Crippen LogP contribution in [0.2, 0.25) is 0 Å². The van der Waals surface area contributed by atoms with Crippen molar-refractivity contribution in [1.29, 1.82) is 0 Å². The molecular weight excluding hydrogens is 512 g/mol. The van der Waals surface area contributed by atoms with Gasteiger partial charge < -0.3 is 24.8 Å². The van der Waals surface area contributed by atoms with Crippen molar-refractivity contribution >= 4 is 5.91 Å². The SMILES string of the molecule is CC(=O)NCc1cccc(-c2ccc(C3OC(CN4CCCCCCC4)C(C)C(c4ccc(CO)cc4)O3)cc2)c1. The highest BCUT2D eigenvalue weighted by atomic mass is 16.7. The standard InChI is InChI=1S/C35H44N2O4/c1-25-33(23-37-19-6-4-3-5-7-20-37)40-35(41-34(25)30-13-11-27(24-38)12-14-30)31-17-15-29(16-18-31)32-10-8-9-28(21-32)22-36-26(2)39/h8-18,21,25,33-35,38H,3-7,19-20,22-24H2,1-2H3,(H,36,39). The summed E-state index contributed by atoms with van der Waals surface area (Å²) in [5.74, 6) is 0.149. The number of carbonyl (C=O) groups is 1. The first-order valence-corrected chi connectivity index (χ1v) is 15.2. The molecule has 0 aromatic heterocycles. The second-order valence-corrected chi connectivity index (χ2v) is 11.6. The molecule has 1 amide bonds. The lowest BCUT2D eigenvalue weighted by atomic mass is 9.89. The van der Waals surface area contributed by atoms with Gasteiger partial charge in [-0.3, -0.25) is 4.79 Å². The monoisotopic (exact) mass is 556 g/mol. The van der Waals surface area contributed by atoms with Crippen molar-refractivity contribution in [2.75, 3.05) is 19.6 Å². The molecule has 2 aliphatic heterocycles. The average Bonchev–Trinajstić information content (AvgIpc) is 2.98. The van der Waals surface area contributed by atoms with Crippen LogP contribution in [0.4, 0.5) is 0 Å². The van der Waals surface area contributed by atoms with Crippen molar-refractivity contribution < 1.29 is 19.4 Å². The highest BCUT2D eigenvalue weighted by Gasteiger charge is 2.39.